The third kappa shape index (κ3) is 3.23. The first-order chi connectivity index (χ1) is 6.39. The fourth-order valence-electron chi connectivity index (χ4n) is 1.01. The van der Waals surface area contributed by atoms with Crippen molar-refractivity contribution in [1.29, 1.82) is 0 Å². The predicted molar refractivity (Wildman–Crippen MR) is 57.2 cm³/mol. The summed E-state index contributed by atoms with van der Waals surface area (Å²) in [5.41, 5.74) is 0.791. The summed E-state index contributed by atoms with van der Waals surface area (Å²) in [5, 5.41) is 0. The van der Waals surface area contributed by atoms with E-state index in [1.807, 2.05) is 0 Å². The Morgan fingerprint density at radius 2 is 1.79 bits per heavy atom. The van der Waals surface area contributed by atoms with Gasteiger partial charge in [0.25, 0.3) is 0 Å². The number of hydrogen-bond acceptors (Lipinski definition) is 3. The molecule has 0 atom stereocenters. The Hall–Kier alpha value is -0.680. The summed E-state index contributed by atoms with van der Waals surface area (Å²) in [6.07, 6.45) is 1.42. The second kappa shape index (κ2) is 4.23. The second-order valence-corrected chi connectivity index (χ2v) is 5.85. The minimum atomic E-state index is -3.14. The van der Waals surface area contributed by atoms with Crippen molar-refractivity contribution in [3.05, 3.63) is 29.8 Å². The Balaban J connectivity index is 2.95. The number of rotatable bonds is 3. The first-order valence-corrected chi connectivity index (χ1v) is 6.55. The van der Waals surface area contributed by atoms with Gasteiger partial charge in [-0.25, -0.2) is 8.42 Å². The maximum atomic E-state index is 11.1. The molecule has 0 radical (unpaired) electrons. The molecule has 0 saturated heterocycles. The highest BCUT2D eigenvalue weighted by atomic mass is 79.9. The van der Waals surface area contributed by atoms with Crippen LogP contribution in [0.4, 0.5) is 0 Å². The molecule has 0 unspecified atom stereocenters. The van der Waals surface area contributed by atoms with Gasteiger partial charge in [-0.1, -0.05) is 12.1 Å². The molecule has 5 heteroatoms. The van der Waals surface area contributed by atoms with E-state index in [-0.39, 0.29) is 16.0 Å². The average molecular weight is 277 g/mol. The zero-order valence-electron chi connectivity index (χ0n) is 7.53. The van der Waals surface area contributed by atoms with Crippen LogP contribution in [0.5, 0.6) is 0 Å². The molecule has 0 spiro atoms. The monoisotopic (exact) mass is 276 g/mol. The Kier molecular flexibility index (Phi) is 3.44. The van der Waals surface area contributed by atoms with E-state index in [4.69, 9.17) is 0 Å². The molecule has 0 amide bonds. The zero-order chi connectivity index (χ0) is 10.8. The highest BCUT2D eigenvalue weighted by molar-refractivity contribution is 9.18. The molecule has 0 aliphatic carbocycles. The largest absolute Gasteiger partial charge is 0.286 e. The van der Waals surface area contributed by atoms with E-state index in [1.54, 1.807) is 12.1 Å². The van der Waals surface area contributed by atoms with Crippen LogP contribution in [-0.2, 0) is 21.1 Å². The third-order valence-electron chi connectivity index (χ3n) is 1.69. The van der Waals surface area contributed by atoms with E-state index >= 15 is 0 Å². The average Bonchev–Trinajstić information content (AvgIpc) is 2.02. The maximum Gasteiger partial charge on any atom is 0.202 e. The van der Waals surface area contributed by atoms with Gasteiger partial charge in [0.1, 0.15) is 0 Å². The van der Waals surface area contributed by atoms with Crippen molar-refractivity contribution in [2.24, 2.45) is 0 Å². The molecule has 0 aliphatic heterocycles. The Morgan fingerprint density at radius 1 is 1.29 bits per heavy atom. The summed E-state index contributed by atoms with van der Waals surface area (Å²) in [7, 11) is -3.14. The summed E-state index contributed by atoms with van der Waals surface area (Å²) in [6.45, 7) is 0. The summed E-state index contributed by atoms with van der Waals surface area (Å²) >= 11 is 2.81. The minimum Gasteiger partial charge on any atom is -0.286 e. The number of carbonyl (C=O) groups is 1. The lowest BCUT2D eigenvalue weighted by molar-refractivity contribution is -0.109. The molecule has 0 heterocycles. The summed E-state index contributed by atoms with van der Waals surface area (Å²) < 4.78 is 22.1. The lowest BCUT2D eigenvalue weighted by Crippen LogP contribution is -1.98. The van der Waals surface area contributed by atoms with Gasteiger partial charge in [0.05, 0.1) is 4.90 Å². The molecule has 0 aromatic heterocycles. The van der Waals surface area contributed by atoms with E-state index in [2.05, 4.69) is 15.9 Å². The molecule has 1 aromatic carbocycles. The van der Waals surface area contributed by atoms with Gasteiger partial charge in [0, 0.05) is 12.7 Å². The third-order valence-corrected chi connectivity index (χ3v) is 3.10. The number of sulfone groups is 1. The van der Waals surface area contributed by atoms with Gasteiger partial charge < -0.3 is 0 Å². The molecule has 1 rings (SSSR count). The van der Waals surface area contributed by atoms with Crippen LogP contribution in [0.1, 0.15) is 5.56 Å². The van der Waals surface area contributed by atoms with Gasteiger partial charge in [-0.05, 0) is 33.6 Å². The Labute approximate surface area is 91.2 Å². The molecular formula is C9H9BrO3S. The molecule has 0 N–H and O–H groups in total. The smallest absolute Gasteiger partial charge is 0.202 e. The number of hydrogen-bond donors (Lipinski definition) is 0. The van der Waals surface area contributed by atoms with Crippen LogP contribution < -0.4 is 0 Å². The van der Waals surface area contributed by atoms with Crippen LogP contribution in [0.25, 0.3) is 0 Å². The predicted octanol–water partition coefficient (Wildman–Crippen LogP) is 1.55. The van der Waals surface area contributed by atoms with Crippen molar-refractivity contribution in [3.8, 4) is 0 Å². The first-order valence-electron chi connectivity index (χ1n) is 3.87. The van der Waals surface area contributed by atoms with Crippen LogP contribution >= 0.6 is 15.9 Å². The normalized spacial score (nSPS) is 11.3. The lowest BCUT2D eigenvalue weighted by atomic mass is 10.2. The van der Waals surface area contributed by atoms with Crippen LogP contribution in [0.3, 0.4) is 0 Å². The number of benzene rings is 1. The van der Waals surface area contributed by atoms with Gasteiger partial charge in [-0.3, -0.25) is 4.79 Å². The minimum absolute atomic E-state index is 0.121. The van der Waals surface area contributed by atoms with Crippen LogP contribution in [0.2, 0.25) is 0 Å². The molecule has 0 saturated carbocycles. The van der Waals surface area contributed by atoms with Crippen LogP contribution in [0.15, 0.2) is 29.2 Å². The number of carbonyl (C=O) groups excluding carboxylic acids is 1. The van der Waals surface area contributed by atoms with Crippen molar-refractivity contribution in [2.75, 3.05) is 6.26 Å². The van der Waals surface area contributed by atoms with Crippen molar-refractivity contribution in [1.82, 2.24) is 0 Å². The topological polar surface area (TPSA) is 51.2 Å². The SMILES string of the molecule is CS(=O)(=O)c1ccc(CC(=O)Br)cc1. The Bertz CT molecular complexity index is 434. The molecular weight excluding hydrogens is 268 g/mol. The van der Waals surface area contributed by atoms with Crippen LogP contribution in [0, 0.1) is 0 Å². The van der Waals surface area contributed by atoms with E-state index in [1.165, 1.54) is 12.1 Å². The van der Waals surface area contributed by atoms with Gasteiger partial charge in [-0.2, -0.15) is 0 Å². The lowest BCUT2D eigenvalue weighted by Gasteiger charge is -1.99. The van der Waals surface area contributed by atoms with E-state index in [0.29, 0.717) is 0 Å². The van der Waals surface area contributed by atoms with E-state index < -0.39 is 9.84 Å². The van der Waals surface area contributed by atoms with Gasteiger partial charge in [0.15, 0.2) is 9.84 Å². The molecule has 0 bridgehead atoms. The fraction of sp³-hybridized carbons (Fsp3) is 0.222. The second-order valence-electron chi connectivity index (χ2n) is 2.95. The molecule has 14 heavy (non-hydrogen) atoms. The first kappa shape index (κ1) is 11.4. The van der Waals surface area contributed by atoms with E-state index in [9.17, 15) is 13.2 Å². The van der Waals surface area contributed by atoms with E-state index in [0.717, 1.165) is 11.8 Å². The maximum absolute atomic E-state index is 11.1. The van der Waals surface area contributed by atoms with Gasteiger partial charge in [-0.15, -0.1) is 0 Å². The molecule has 0 aliphatic rings. The quantitative estimate of drug-likeness (QED) is 0.788. The van der Waals surface area contributed by atoms with Gasteiger partial charge in [0.2, 0.25) is 4.69 Å². The number of halogens is 1. The molecule has 76 valence electrons. The van der Waals surface area contributed by atoms with Crippen molar-refractivity contribution in [2.45, 2.75) is 11.3 Å². The van der Waals surface area contributed by atoms with Crippen LogP contribution in [-0.4, -0.2) is 19.4 Å². The molecule has 3 nitrogen and oxygen atoms in total. The van der Waals surface area contributed by atoms with Crippen molar-refractivity contribution < 1.29 is 13.2 Å². The highest BCUT2D eigenvalue weighted by Gasteiger charge is 2.06. The standard InChI is InChI=1S/C9H9BrO3S/c1-14(12,13)8-4-2-7(3-5-8)6-9(10)11/h2-5H,6H2,1H3. The van der Waals surface area contributed by atoms with Crippen molar-refractivity contribution >= 4 is 30.5 Å². The highest BCUT2D eigenvalue weighted by Crippen LogP contribution is 2.11. The summed E-state index contributed by atoms with van der Waals surface area (Å²) in [4.78, 5) is 11.0. The molecule has 0 fully saturated rings. The Morgan fingerprint density at radius 3 is 2.14 bits per heavy atom. The summed E-state index contributed by atoms with van der Waals surface area (Å²) in [5.74, 6) is 0. The summed E-state index contributed by atoms with van der Waals surface area (Å²) in [6, 6.07) is 6.27. The zero-order valence-corrected chi connectivity index (χ0v) is 9.93. The fourth-order valence-corrected chi connectivity index (χ4v) is 1.97. The molecule has 1 aromatic rings. The van der Waals surface area contributed by atoms with Crippen molar-refractivity contribution in [3.63, 3.8) is 0 Å². The van der Waals surface area contributed by atoms with Gasteiger partial charge >= 0.3 is 0 Å².